The molecular formula is C30H30N4O4S2. The van der Waals surface area contributed by atoms with E-state index in [1.54, 1.807) is 30.3 Å². The highest BCUT2D eigenvalue weighted by Crippen LogP contribution is 2.33. The van der Waals surface area contributed by atoms with E-state index in [0.717, 1.165) is 28.2 Å². The predicted molar refractivity (Wildman–Crippen MR) is 155 cm³/mol. The molecular weight excluding hydrogens is 544 g/mol. The average molecular weight is 575 g/mol. The zero-order valence-corrected chi connectivity index (χ0v) is 23.4. The molecule has 2 atom stereocenters. The molecule has 5 rings (SSSR count). The predicted octanol–water partition coefficient (Wildman–Crippen LogP) is 4.47. The molecule has 4 aromatic rings. The molecule has 1 aliphatic rings. The van der Waals surface area contributed by atoms with Crippen LogP contribution in [0, 0.1) is 11.8 Å². The van der Waals surface area contributed by atoms with Crippen LogP contribution in [-0.2, 0) is 32.7 Å². The molecule has 1 heterocycles. The molecule has 1 aliphatic carbocycles. The number of nitrogens with one attached hydrogen (secondary N) is 2. The van der Waals surface area contributed by atoms with E-state index >= 15 is 0 Å². The standard InChI is InChI=1S/C30H30N4O4S2/c31-40(37,38)27-12-5-4-9-23(27)21-15-13-20(14-16-21)17-32-29(35)24-10-6-11-25(24)30(36)33-18-28-34-26(19-39-28)22-7-2-1-3-8-22/h1-5,7-9,12-16,19,24-25H,6,10-11,17-18H2,(H,32,35)(H,33,36)(H2,31,37,38)/t24-,25-/m1/s1. The van der Waals surface area contributed by atoms with Gasteiger partial charge in [0.05, 0.1) is 17.1 Å². The molecule has 0 unspecified atom stereocenters. The summed E-state index contributed by atoms with van der Waals surface area (Å²) in [5.74, 6) is -1.00. The van der Waals surface area contributed by atoms with Crippen LogP contribution < -0.4 is 15.8 Å². The number of sulfonamides is 1. The number of carbonyl (C=O) groups excluding carboxylic acids is 2. The van der Waals surface area contributed by atoms with Crippen LogP contribution in [0.2, 0.25) is 0 Å². The van der Waals surface area contributed by atoms with Gasteiger partial charge in [0.2, 0.25) is 21.8 Å². The summed E-state index contributed by atoms with van der Waals surface area (Å²) in [4.78, 5) is 30.7. The van der Waals surface area contributed by atoms with E-state index in [-0.39, 0.29) is 28.5 Å². The van der Waals surface area contributed by atoms with Crippen molar-refractivity contribution in [3.63, 3.8) is 0 Å². The highest BCUT2D eigenvalue weighted by Gasteiger charge is 2.37. The third-order valence-corrected chi connectivity index (χ3v) is 8.97. The third kappa shape index (κ3) is 6.47. The van der Waals surface area contributed by atoms with E-state index < -0.39 is 10.0 Å². The molecule has 0 spiro atoms. The highest BCUT2D eigenvalue weighted by molar-refractivity contribution is 7.89. The fourth-order valence-electron chi connectivity index (χ4n) is 5.09. The van der Waals surface area contributed by atoms with Crippen LogP contribution in [0.1, 0.15) is 29.8 Å². The lowest BCUT2D eigenvalue weighted by Gasteiger charge is -2.18. The van der Waals surface area contributed by atoms with Crippen molar-refractivity contribution < 1.29 is 18.0 Å². The Morgan fingerprint density at radius 2 is 1.45 bits per heavy atom. The van der Waals surface area contributed by atoms with E-state index in [4.69, 9.17) is 5.14 Å². The molecule has 40 heavy (non-hydrogen) atoms. The first-order valence-electron chi connectivity index (χ1n) is 13.1. The number of hydrogen-bond acceptors (Lipinski definition) is 6. The summed E-state index contributed by atoms with van der Waals surface area (Å²) < 4.78 is 23.9. The van der Waals surface area contributed by atoms with Gasteiger partial charge in [0.25, 0.3) is 0 Å². The van der Waals surface area contributed by atoms with Gasteiger partial charge in [0.15, 0.2) is 0 Å². The highest BCUT2D eigenvalue weighted by atomic mass is 32.2. The smallest absolute Gasteiger partial charge is 0.238 e. The molecule has 2 amide bonds. The number of aromatic nitrogens is 1. The molecule has 1 aromatic heterocycles. The second kappa shape index (κ2) is 12.1. The van der Waals surface area contributed by atoms with Crippen LogP contribution >= 0.6 is 11.3 Å². The maximum atomic E-state index is 13.0. The Morgan fingerprint density at radius 3 is 2.12 bits per heavy atom. The van der Waals surface area contributed by atoms with E-state index in [2.05, 4.69) is 15.6 Å². The Bertz CT molecular complexity index is 1600. The molecule has 4 N–H and O–H groups in total. The first kappa shape index (κ1) is 27.7. The molecule has 1 fully saturated rings. The van der Waals surface area contributed by atoms with Crippen molar-refractivity contribution >= 4 is 33.2 Å². The van der Waals surface area contributed by atoms with Gasteiger partial charge >= 0.3 is 0 Å². The van der Waals surface area contributed by atoms with Gasteiger partial charge in [-0.3, -0.25) is 9.59 Å². The van der Waals surface area contributed by atoms with Crippen molar-refractivity contribution in [2.24, 2.45) is 17.0 Å². The number of primary sulfonamides is 1. The van der Waals surface area contributed by atoms with Gasteiger partial charge in [-0.15, -0.1) is 11.3 Å². The fraction of sp³-hybridized carbons (Fsp3) is 0.233. The van der Waals surface area contributed by atoms with Gasteiger partial charge < -0.3 is 10.6 Å². The number of hydrogen-bond donors (Lipinski definition) is 3. The normalized spacial score (nSPS) is 16.9. The average Bonchev–Trinajstić information content (AvgIpc) is 3.66. The maximum Gasteiger partial charge on any atom is 0.238 e. The van der Waals surface area contributed by atoms with Gasteiger partial charge in [-0.2, -0.15) is 0 Å². The number of benzene rings is 3. The summed E-state index contributed by atoms with van der Waals surface area (Å²) >= 11 is 1.50. The van der Waals surface area contributed by atoms with Crippen molar-refractivity contribution in [3.8, 4) is 22.4 Å². The van der Waals surface area contributed by atoms with Crippen LogP contribution in [0.15, 0.2) is 89.1 Å². The summed E-state index contributed by atoms with van der Waals surface area (Å²) in [7, 11) is -3.86. The summed E-state index contributed by atoms with van der Waals surface area (Å²) in [6.07, 6.45) is 2.17. The molecule has 3 aromatic carbocycles. The number of amides is 2. The lowest BCUT2D eigenvalue weighted by atomic mass is 9.94. The second-order valence-corrected chi connectivity index (χ2v) is 12.3. The Morgan fingerprint density at radius 1 is 0.825 bits per heavy atom. The minimum absolute atomic E-state index is 0.0631. The fourth-order valence-corrected chi connectivity index (χ4v) is 6.59. The van der Waals surface area contributed by atoms with E-state index in [9.17, 15) is 18.0 Å². The Labute approximate surface area is 237 Å². The van der Waals surface area contributed by atoms with Crippen LogP contribution in [-0.4, -0.2) is 25.2 Å². The van der Waals surface area contributed by atoms with E-state index in [1.165, 1.54) is 17.4 Å². The van der Waals surface area contributed by atoms with Crippen molar-refractivity contribution in [3.05, 3.63) is 94.8 Å². The van der Waals surface area contributed by atoms with E-state index in [0.29, 0.717) is 37.1 Å². The zero-order chi connectivity index (χ0) is 28.1. The SMILES string of the molecule is NS(=O)(=O)c1ccccc1-c1ccc(CNC(=O)[C@@H]2CCC[C@H]2C(=O)NCc2nc(-c3ccccc3)cs2)cc1. The molecule has 206 valence electrons. The first-order valence-corrected chi connectivity index (χ1v) is 15.5. The quantitative estimate of drug-likeness (QED) is 0.271. The minimum Gasteiger partial charge on any atom is -0.352 e. The molecule has 10 heteroatoms. The minimum atomic E-state index is -3.86. The van der Waals surface area contributed by atoms with Gasteiger partial charge in [-0.05, 0) is 30.0 Å². The first-order chi connectivity index (χ1) is 19.3. The summed E-state index contributed by atoms with van der Waals surface area (Å²) in [5, 5.41) is 14.1. The number of thiazole rings is 1. The van der Waals surface area contributed by atoms with Crippen molar-refractivity contribution in [1.82, 2.24) is 15.6 Å². The Balaban J connectivity index is 1.15. The lowest BCUT2D eigenvalue weighted by Crippen LogP contribution is -2.39. The monoisotopic (exact) mass is 574 g/mol. The topological polar surface area (TPSA) is 131 Å². The Hall–Kier alpha value is -3.86. The molecule has 0 aliphatic heterocycles. The van der Waals surface area contributed by atoms with Crippen molar-refractivity contribution in [2.75, 3.05) is 0 Å². The molecule has 8 nitrogen and oxygen atoms in total. The largest absolute Gasteiger partial charge is 0.352 e. The summed E-state index contributed by atoms with van der Waals surface area (Å²) in [6, 6.07) is 23.8. The zero-order valence-electron chi connectivity index (χ0n) is 21.7. The van der Waals surface area contributed by atoms with Gasteiger partial charge in [0.1, 0.15) is 5.01 Å². The van der Waals surface area contributed by atoms with Crippen molar-refractivity contribution in [2.45, 2.75) is 37.2 Å². The van der Waals surface area contributed by atoms with Gasteiger partial charge in [0, 0.05) is 34.9 Å². The number of carbonyl (C=O) groups is 2. The van der Waals surface area contributed by atoms with E-state index in [1.807, 2.05) is 47.8 Å². The third-order valence-electron chi connectivity index (χ3n) is 7.15. The lowest BCUT2D eigenvalue weighted by molar-refractivity contribution is -0.133. The van der Waals surface area contributed by atoms with Crippen LogP contribution in [0.4, 0.5) is 0 Å². The molecule has 0 saturated heterocycles. The van der Waals surface area contributed by atoms with Crippen LogP contribution in [0.25, 0.3) is 22.4 Å². The number of nitrogens with zero attached hydrogens (tertiary/aromatic N) is 1. The van der Waals surface area contributed by atoms with Gasteiger partial charge in [-0.1, -0.05) is 79.2 Å². The molecule has 0 radical (unpaired) electrons. The second-order valence-electron chi connectivity index (χ2n) is 9.81. The maximum absolute atomic E-state index is 13.0. The summed E-state index contributed by atoms with van der Waals surface area (Å²) in [5.41, 5.74) is 4.02. The Kier molecular flexibility index (Phi) is 8.39. The molecule has 1 saturated carbocycles. The number of rotatable bonds is 9. The van der Waals surface area contributed by atoms with Crippen LogP contribution in [0.5, 0.6) is 0 Å². The molecule has 0 bridgehead atoms. The van der Waals surface area contributed by atoms with Crippen LogP contribution in [0.3, 0.4) is 0 Å². The summed E-state index contributed by atoms with van der Waals surface area (Å²) in [6.45, 7) is 0.643. The number of nitrogens with two attached hydrogens (primary N) is 1. The van der Waals surface area contributed by atoms with Gasteiger partial charge in [-0.25, -0.2) is 18.5 Å². The van der Waals surface area contributed by atoms with Crippen molar-refractivity contribution in [1.29, 1.82) is 0 Å².